The van der Waals surface area contributed by atoms with Crippen molar-refractivity contribution in [3.8, 4) is 10.4 Å². The van der Waals surface area contributed by atoms with Gasteiger partial charge in [0.15, 0.2) is 0 Å². The monoisotopic (exact) mass is 461 g/mol. The number of aryl methyl sites for hydroxylation is 1. The van der Waals surface area contributed by atoms with Gasteiger partial charge < -0.3 is 11.1 Å². The van der Waals surface area contributed by atoms with Crippen LogP contribution in [0.4, 0.5) is 24.8 Å². The Morgan fingerprint density at radius 3 is 2.59 bits per heavy atom. The van der Waals surface area contributed by atoms with Crippen LogP contribution in [0.2, 0.25) is 0 Å². The predicted octanol–water partition coefficient (Wildman–Crippen LogP) is 5.43. The van der Waals surface area contributed by atoms with Crippen LogP contribution in [0.25, 0.3) is 10.4 Å². The molecule has 1 saturated carbocycles. The first-order valence-electron chi connectivity index (χ1n) is 10.2. The van der Waals surface area contributed by atoms with Crippen LogP contribution in [-0.4, -0.2) is 20.9 Å². The zero-order chi connectivity index (χ0) is 22.9. The summed E-state index contributed by atoms with van der Waals surface area (Å²) in [5, 5.41) is 3.90. The molecule has 1 aromatic carbocycles. The van der Waals surface area contributed by atoms with E-state index in [1.165, 1.54) is 0 Å². The quantitative estimate of drug-likeness (QED) is 0.528. The molecule has 0 spiro atoms. The SMILES string of the molecule is Cc1cc(Nc2nccc(C(F)(F)F)n2)cc(-c2cnc(C3CCC(C(N)=O)CC3)s2)c1. The van der Waals surface area contributed by atoms with Crippen LogP contribution in [0, 0.1) is 12.8 Å². The first-order valence-corrected chi connectivity index (χ1v) is 11.0. The van der Waals surface area contributed by atoms with E-state index in [-0.39, 0.29) is 17.8 Å². The topological polar surface area (TPSA) is 93.8 Å². The van der Waals surface area contributed by atoms with E-state index in [0.717, 1.165) is 59.0 Å². The van der Waals surface area contributed by atoms with Gasteiger partial charge in [0.2, 0.25) is 11.9 Å². The Labute approximate surface area is 187 Å². The number of nitrogens with zero attached hydrogens (tertiary/aromatic N) is 3. The van der Waals surface area contributed by atoms with Crippen LogP contribution >= 0.6 is 11.3 Å². The molecule has 0 saturated heterocycles. The summed E-state index contributed by atoms with van der Waals surface area (Å²) in [6, 6.07) is 6.50. The zero-order valence-electron chi connectivity index (χ0n) is 17.3. The Hall–Kier alpha value is -3.01. The normalized spacial score (nSPS) is 19.0. The van der Waals surface area contributed by atoms with Crippen LogP contribution in [0.1, 0.15) is 47.9 Å². The third-order valence-corrected chi connectivity index (χ3v) is 6.78. The number of carbonyl (C=O) groups is 1. The number of nitrogens with two attached hydrogens (primary N) is 1. The molecule has 32 heavy (non-hydrogen) atoms. The van der Waals surface area contributed by atoms with Crippen LogP contribution in [0.3, 0.4) is 0 Å². The first kappa shape index (κ1) is 22.2. The third kappa shape index (κ3) is 5.07. The maximum Gasteiger partial charge on any atom is 0.433 e. The number of hydrogen-bond acceptors (Lipinski definition) is 6. The van der Waals surface area contributed by atoms with Crippen LogP contribution in [0.5, 0.6) is 0 Å². The van der Waals surface area contributed by atoms with Crippen molar-refractivity contribution in [1.82, 2.24) is 15.0 Å². The molecule has 0 atom stereocenters. The van der Waals surface area contributed by atoms with Crippen molar-refractivity contribution < 1.29 is 18.0 Å². The van der Waals surface area contributed by atoms with E-state index in [1.54, 1.807) is 11.3 Å². The molecule has 4 rings (SSSR count). The van der Waals surface area contributed by atoms with Crippen LogP contribution in [0.15, 0.2) is 36.7 Å². The van der Waals surface area contributed by atoms with E-state index < -0.39 is 11.9 Å². The highest BCUT2D eigenvalue weighted by Crippen LogP contribution is 2.40. The van der Waals surface area contributed by atoms with E-state index in [0.29, 0.717) is 11.6 Å². The van der Waals surface area contributed by atoms with E-state index in [2.05, 4.69) is 20.3 Å². The van der Waals surface area contributed by atoms with Gasteiger partial charge in [-0.15, -0.1) is 11.3 Å². The summed E-state index contributed by atoms with van der Waals surface area (Å²) in [5.74, 6) is -0.0835. The predicted molar refractivity (Wildman–Crippen MR) is 116 cm³/mol. The summed E-state index contributed by atoms with van der Waals surface area (Å²) in [6.07, 6.45) is 1.69. The highest BCUT2D eigenvalue weighted by Gasteiger charge is 2.33. The molecule has 10 heteroatoms. The second kappa shape index (κ2) is 8.85. The Bertz CT molecular complexity index is 1120. The molecule has 1 amide bonds. The lowest BCUT2D eigenvalue weighted by Gasteiger charge is -2.25. The fraction of sp³-hybridized carbons (Fsp3) is 0.364. The Morgan fingerprint density at radius 2 is 1.91 bits per heavy atom. The third-order valence-electron chi connectivity index (χ3n) is 5.57. The summed E-state index contributed by atoms with van der Waals surface area (Å²) >= 11 is 1.60. The van der Waals surface area contributed by atoms with Gasteiger partial charge in [0.25, 0.3) is 0 Å². The van der Waals surface area contributed by atoms with Gasteiger partial charge in [0.1, 0.15) is 5.69 Å². The molecular weight excluding hydrogens is 439 g/mol. The molecule has 0 bridgehead atoms. The number of thiazole rings is 1. The van der Waals surface area contributed by atoms with Gasteiger partial charge in [0.05, 0.1) is 9.88 Å². The molecule has 0 radical (unpaired) electrons. The maximum atomic E-state index is 12.9. The number of aromatic nitrogens is 3. The minimum atomic E-state index is -4.53. The Balaban J connectivity index is 1.52. The van der Waals surface area contributed by atoms with Crippen molar-refractivity contribution in [3.63, 3.8) is 0 Å². The average molecular weight is 462 g/mol. The molecule has 2 heterocycles. The minimum Gasteiger partial charge on any atom is -0.369 e. The summed E-state index contributed by atoms with van der Waals surface area (Å²) in [6.45, 7) is 1.91. The Morgan fingerprint density at radius 1 is 1.16 bits per heavy atom. The van der Waals surface area contributed by atoms with Gasteiger partial charge in [-0.05, 0) is 61.9 Å². The number of alkyl halides is 3. The first-order chi connectivity index (χ1) is 15.2. The molecule has 3 aromatic rings. The number of hydrogen-bond donors (Lipinski definition) is 2. The average Bonchev–Trinajstić information content (AvgIpc) is 3.23. The number of carbonyl (C=O) groups excluding carboxylic acids is 1. The second-order valence-corrected chi connectivity index (χ2v) is 9.05. The summed E-state index contributed by atoms with van der Waals surface area (Å²) in [5.41, 5.74) is 6.87. The number of primary amides is 1. The number of nitrogens with one attached hydrogen (secondary N) is 1. The van der Waals surface area contributed by atoms with Gasteiger partial charge in [0, 0.05) is 29.9 Å². The van der Waals surface area contributed by atoms with Crippen molar-refractivity contribution in [2.24, 2.45) is 11.7 Å². The molecular formula is C22H22F3N5OS. The standard InChI is InChI=1S/C22H22F3N5OS/c1-12-8-15(10-16(9-12)29-21-27-7-6-18(30-21)22(23,24)25)17-11-28-20(32-17)14-4-2-13(3-5-14)19(26)31/h6-11,13-14H,2-5H2,1H3,(H2,26,31)(H,27,29,30). The summed E-state index contributed by atoms with van der Waals surface area (Å²) in [4.78, 5) is 24.4. The van der Waals surface area contributed by atoms with E-state index in [1.807, 2.05) is 31.3 Å². The van der Waals surface area contributed by atoms with Gasteiger partial charge in [-0.1, -0.05) is 6.07 Å². The fourth-order valence-electron chi connectivity index (χ4n) is 3.94. The molecule has 1 aliphatic rings. The van der Waals surface area contributed by atoms with Crippen LogP contribution < -0.4 is 11.1 Å². The molecule has 0 aliphatic heterocycles. The molecule has 2 aromatic heterocycles. The lowest BCUT2D eigenvalue weighted by atomic mass is 9.82. The summed E-state index contributed by atoms with van der Waals surface area (Å²) < 4.78 is 38.8. The maximum absolute atomic E-state index is 12.9. The molecule has 3 N–H and O–H groups in total. The van der Waals surface area contributed by atoms with Crippen molar-refractivity contribution in [2.45, 2.75) is 44.7 Å². The summed E-state index contributed by atoms with van der Waals surface area (Å²) in [7, 11) is 0. The zero-order valence-corrected chi connectivity index (χ0v) is 18.1. The van der Waals surface area contributed by atoms with Gasteiger partial charge in [-0.2, -0.15) is 13.2 Å². The Kier molecular flexibility index (Phi) is 6.14. The molecule has 6 nitrogen and oxygen atoms in total. The number of halogens is 3. The number of benzene rings is 1. The number of anilines is 2. The number of amides is 1. The molecule has 168 valence electrons. The van der Waals surface area contributed by atoms with E-state index >= 15 is 0 Å². The van der Waals surface area contributed by atoms with Crippen molar-refractivity contribution in [1.29, 1.82) is 0 Å². The largest absolute Gasteiger partial charge is 0.433 e. The highest BCUT2D eigenvalue weighted by atomic mass is 32.1. The van der Waals surface area contributed by atoms with Gasteiger partial charge >= 0.3 is 6.18 Å². The fourth-order valence-corrected chi connectivity index (χ4v) is 5.01. The van der Waals surface area contributed by atoms with E-state index in [9.17, 15) is 18.0 Å². The lowest BCUT2D eigenvalue weighted by molar-refractivity contribution is -0.141. The van der Waals surface area contributed by atoms with Gasteiger partial charge in [-0.3, -0.25) is 4.79 Å². The van der Waals surface area contributed by atoms with Crippen molar-refractivity contribution >= 4 is 28.9 Å². The highest BCUT2D eigenvalue weighted by molar-refractivity contribution is 7.15. The molecule has 1 aliphatic carbocycles. The molecule has 0 unspecified atom stereocenters. The van der Waals surface area contributed by atoms with E-state index in [4.69, 9.17) is 5.73 Å². The smallest absolute Gasteiger partial charge is 0.369 e. The number of rotatable bonds is 5. The minimum absolute atomic E-state index is 0.0471. The van der Waals surface area contributed by atoms with Crippen LogP contribution in [-0.2, 0) is 11.0 Å². The molecule has 1 fully saturated rings. The van der Waals surface area contributed by atoms with Crippen molar-refractivity contribution in [2.75, 3.05) is 5.32 Å². The second-order valence-electron chi connectivity index (χ2n) is 7.99. The van der Waals surface area contributed by atoms with Gasteiger partial charge in [-0.25, -0.2) is 15.0 Å². The van der Waals surface area contributed by atoms with Crippen molar-refractivity contribution in [3.05, 3.63) is 52.9 Å². The lowest BCUT2D eigenvalue weighted by Crippen LogP contribution is -2.27.